The Hall–Kier alpha value is -3.16. The molecule has 1 aromatic carbocycles. The quantitative estimate of drug-likeness (QED) is 0.666. The summed E-state index contributed by atoms with van der Waals surface area (Å²) in [7, 11) is 3.03. The maximum atomic E-state index is 12.5. The van der Waals surface area contributed by atoms with Crippen molar-refractivity contribution in [1.82, 2.24) is 23.6 Å². The summed E-state index contributed by atoms with van der Waals surface area (Å²) in [6.45, 7) is 4.89. The summed E-state index contributed by atoms with van der Waals surface area (Å²) >= 11 is 0. The van der Waals surface area contributed by atoms with Crippen LogP contribution in [-0.2, 0) is 32.0 Å². The zero-order valence-electron chi connectivity index (χ0n) is 16.0. The topological polar surface area (TPSA) is 82.1 Å². The van der Waals surface area contributed by atoms with Crippen molar-refractivity contribution in [2.24, 2.45) is 14.1 Å². The lowest BCUT2D eigenvalue weighted by atomic mass is 10.1. The fourth-order valence-corrected chi connectivity index (χ4v) is 3.06. The van der Waals surface area contributed by atoms with Gasteiger partial charge in [0.25, 0.3) is 5.56 Å². The zero-order chi connectivity index (χ0) is 19.7. The van der Waals surface area contributed by atoms with E-state index in [-0.39, 0.29) is 5.91 Å². The number of carbonyl (C=O) groups excluding carboxylic acids is 1. The molecule has 0 aliphatic carbocycles. The van der Waals surface area contributed by atoms with Crippen molar-refractivity contribution in [2.45, 2.75) is 26.9 Å². The summed E-state index contributed by atoms with van der Waals surface area (Å²) in [5.74, 6) is -0.0414. The predicted octanol–water partition coefficient (Wildman–Crippen LogP) is 0.791. The second-order valence-corrected chi connectivity index (χ2v) is 6.74. The van der Waals surface area contributed by atoms with E-state index in [0.717, 1.165) is 10.1 Å². The SMILES string of the molecule is CC(=O)N(CCn1cnc2c1c(=O)n(C)c(=O)n2C)Cc1ccc(C)cc1. The van der Waals surface area contributed by atoms with Crippen LogP contribution >= 0.6 is 0 Å². The van der Waals surface area contributed by atoms with Crippen LogP contribution < -0.4 is 11.2 Å². The van der Waals surface area contributed by atoms with Gasteiger partial charge in [-0.3, -0.25) is 18.7 Å². The molecular formula is C19H23N5O3. The first-order valence-electron chi connectivity index (χ1n) is 8.71. The fourth-order valence-electron chi connectivity index (χ4n) is 3.06. The molecule has 2 heterocycles. The average molecular weight is 369 g/mol. The molecule has 0 unspecified atom stereocenters. The first-order valence-corrected chi connectivity index (χ1v) is 8.71. The van der Waals surface area contributed by atoms with Gasteiger partial charge in [-0.1, -0.05) is 29.8 Å². The number of carbonyl (C=O) groups is 1. The first kappa shape index (κ1) is 18.6. The normalized spacial score (nSPS) is 11.1. The molecule has 27 heavy (non-hydrogen) atoms. The molecule has 0 spiro atoms. The van der Waals surface area contributed by atoms with Crippen molar-refractivity contribution in [2.75, 3.05) is 6.54 Å². The molecule has 0 saturated heterocycles. The van der Waals surface area contributed by atoms with Crippen LogP contribution in [0.25, 0.3) is 11.2 Å². The highest BCUT2D eigenvalue weighted by Crippen LogP contribution is 2.09. The highest BCUT2D eigenvalue weighted by Gasteiger charge is 2.16. The van der Waals surface area contributed by atoms with Crippen molar-refractivity contribution in [3.8, 4) is 0 Å². The molecule has 8 heteroatoms. The van der Waals surface area contributed by atoms with E-state index >= 15 is 0 Å². The van der Waals surface area contributed by atoms with Crippen LogP contribution in [0.4, 0.5) is 0 Å². The molecule has 3 rings (SSSR count). The number of nitrogens with zero attached hydrogens (tertiary/aromatic N) is 5. The van der Waals surface area contributed by atoms with Gasteiger partial charge >= 0.3 is 5.69 Å². The lowest BCUT2D eigenvalue weighted by Gasteiger charge is -2.21. The van der Waals surface area contributed by atoms with Gasteiger partial charge in [0, 0.05) is 40.7 Å². The average Bonchev–Trinajstić information content (AvgIpc) is 3.07. The molecule has 2 aromatic heterocycles. The number of amides is 1. The van der Waals surface area contributed by atoms with Gasteiger partial charge in [-0.15, -0.1) is 0 Å². The predicted molar refractivity (Wildman–Crippen MR) is 102 cm³/mol. The lowest BCUT2D eigenvalue weighted by molar-refractivity contribution is -0.129. The maximum absolute atomic E-state index is 12.5. The molecule has 142 valence electrons. The number of aromatic nitrogens is 4. The van der Waals surface area contributed by atoms with E-state index in [1.54, 1.807) is 16.5 Å². The third-order valence-electron chi connectivity index (χ3n) is 4.77. The highest BCUT2D eigenvalue weighted by atomic mass is 16.2. The van der Waals surface area contributed by atoms with E-state index in [0.29, 0.717) is 30.8 Å². The molecule has 0 saturated carbocycles. The summed E-state index contributed by atoms with van der Waals surface area (Å²) in [5, 5.41) is 0. The van der Waals surface area contributed by atoms with E-state index in [9.17, 15) is 14.4 Å². The molecule has 0 aliphatic rings. The van der Waals surface area contributed by atoms with Crippen LogP contribution in [0, 0.1) is 6.92 Å². The Morgan fingerprint density at radius 3 is 2.41 bits per heavy atom. The van der Waals surface area contributed by atoms with Crippen LogP contribution in [0.2, 0.25) is 0 Å². The maximum Gasteiger partial charge on any atom is 0.332 e. The lowest BCUT2D eigenvalue weighted by Crippen LogP contribution is -2.38. The van der Waals surface area contributed by atoms with Crippen molar-refractivity contribution in [1.29, 1.82) is 0 Å². The Morgan fingerprint density at radius 2 is 1.78 bits per heavy atom. The summed E-state index contributed by atoms with van der Waals surface area (Å²) in [6, 6.07) is 8.04. The van der Waals surface area contributed by atoms with Gasteiger partial charge in [0.2, 0.25) is 5.91 Å². The molecule has 8 nitrogen and oxygen atoms in total. The summed E-state index contributed by atoms with van der Waals surface area (Å²) in [5.41, 5.74) is 2.11. The molecular weight excluding hydrogens is 346 g/mol. The zero-order valence-corrected chi connectivity index (χ0v) is 16.0. The van der Waals surface area contributed by atoms with E-state index in [2.05, 4.69) is 4.98 Å². The molecule has 0 aliphatic heterocycles. The Morgan fingerprint density at radius 1 is 1.11 bits per heavy atom. The van der Waals surface area contributed by atoms with Gasteiger partial charge in [-0.25, -0.2) is 9.78 Å². The molecule has 0 N–H and O–H groups in total. The van der Waals surface area contributed by atoms with Gasteiger partial charge in [0.1, 0.15) is 0 Å². The van der Waals surface area contributed by atoms with E-state index in [1.807, 2.05) is 31.2 Å². The van der Waals surface area contributed by atoms with E-state index in [1.165, 1.54) is 30.4 Å². The highest BCUT2D eigenvalue weighted by molar-refractivity contribution is 5.73. The van der Waals surface area contributed by atoms with Crippen LogP contribution in [0.5, 0.6) is 0 Å². The second kappa shape index (κ2) is 7.22. The van der Waals surface area contributed by atoms with Crippen LogP contribution in [0.3, 0.4) is 0 Å². The minimum Gasteiger partial charge on any atom is -0.337 e. The Bertz CT molecular complexity index is 1110. The first-order chi connectivity index (χ1) is 12.8. The summed E-state index contributed by atoms with van der Waals surface area (Å²) in [6.07, 6.45) is 1.54. The second-order valence-electron chi connectivity index (χ2n) is 6.74. The van der Waals surface area contributed by atoms with Crippen molar-refractivity contribution < 1.29 is 4.79 Å². The molecule has 0 fully saturated rings. The van der Waals surface area contributed by atoms with Crippen LogP contribution in [0.1, 0.15) is 18.1 Å². The third kappa shape index (κ3) is 3.55. The van der Waals surface area contributed by atoms with Gasteiger partial charge < -0.3 is 9.47 Å². The molecule has 0 atom stereocenters. The van der Waals surface area contributed by atoms with Crippen LogP contribution in [-0.4, -0.2) is 36.0 Å². The third-order valence-corrected chi connectivity index (χ3v) is 4.77. The van der Waals surface area contributed by atoms with Crippen LogP contribution in [0.15, 0.2) is 40.2 Å². The number of fused-ring (bicyclic) bond motifs is 1. The van der Waals surface area contributed by atoms with Crippen molar-refractivity contribution in [3.05, 3.63) is 62.6 Å². The van der Waals surface area contributed by atoms with Gasteiger partial charge in [-0.2, -0.15) is 0 Å². The molecule has 1 amide bonds. The minimum absolute atomic E-state index is 0.0414. The van der Waals surface area contributed by atoms with Gasteiger partial charge in [0.15, 0.2) is 11.2 Å². The number of imidazole rings is 1. The van der Waals surface area contributed by atoms with Gasteiger partial charge in [0.05, 0.1) is 6.33 Å². The largest absolute Gasteiger partial charge is 0.337 e. The minimum atomic E-state index is -0.414. The Balaban J connectivity index is 1.86. The molecule has 0 bridgehead atoms. The Labute approximate surface area is 156 Å². The molecule has 0 radical (unpaired) electrons. The number of hydrogen-bond donors (Lipinski definition) is 0. The van der Waals surface area contributed by atoms with Crippen molar-refractivity contribution in [3.63, 3.8) is 0 Å². The number of hydrogen-bond acceptors (Lipinski definition) is 4. The number of rotatable bonds is 5. The monoisotopic (exact) mass is 369 g/mol. The standard InChI is InChI=1S/C19H23N5O3/c1-13-5-7-15(8-6-13)11-23(14(2)25)9-10-24-12-20-17-16(24)18(26)22(4)19(27)21(17)3/h5-8,12H,9-11H2,1-4H3. The van der Waals surface area contributed by atoms with Crippen molar-refractivity contribution >= 4 is 17.1 Å². The van der Waals surface area contributed by atoms with E-state index < -0.39 is 11.2 Å². The number of benzene rings is 1. The van der Waals surface area contributed by atoms with E-state index in [4.69, 9.17) is 0 Å². The smallest absolute Gasteiger partial charge is 0.332 e. The summed E-state index contributed by atoms with van der Waals surface area (Å²) < 4.78 is 4.11. The molecule has 3 aromatic rings. The summed E-state index contributed by atoms with van der Waals surface area (Å²) in [4.78, 5) is 42.5. The fraction of sp³-hybridized carbons (Fsp3) is 0.368. The Kier molecular flexibility index (Phi) is 4.98. The number of aryl methyl sites for hydroxylation is 2. The van der Waals surface area contributed by atoms with Gasteiger partial charge in [-0.05, 0) is 12.5 Å².